The molecule has 1 fully saturated rings. The summed E-state index contributed by atoms with van der Waals surface area (Å²) in [4.78, 5) is 0. The lowest BCUT2D eigenvalue weighted by atomic mass is 9.87. The van der Waals surface area contributed by atoms with Crippen molar-refractivity contribution in [1.29, 1.82) is 0 Å². The van der Waals surface area contributed by atoms with E-state index in [9.17, 15) is 4.39 Å². The van der Waals surface area contributed by atoms with Gasteiger partial charge in [-0.05, 0) is 40.5 Å². The van der Waals surface area contributed by atoms with Crippen molar-refractivity contribution in [3.8, 4) is 0 Å². The van der Waals surface area contributed by atoms with Gasteiger partial charge in [0.05, 0.1) is 11.2 Å². The maximum absolute atomic E-state index is 13.7. The molecular weight excluding hydrogens is 274 g/mol. The minimum atomic E-state index is -0.847. The van der Waals surface area contributed by atoms with E-state index in [0.717, 1.165) is 11.8 Å². The predicted molar refractivity (Wildman–Crippen MR) is 68.3 cm³/mol. The normalized spacial score (nSPS) is 23.9. The predicted octanol–water partition coefficient (Wildman–Crippen LogP) is 3.65. The fraction of sp³-hybridized carbons (Fsp3) is 0.818. The number of halogens is 2. The molecule has 0 radical (unpaired) electrons. The molecule has 92 valence electrons. The van der Waals surface area contributed by atoms with Crippen LogP contribution in [0.2, 0.25) is 0 Å². The molecule has 0 aromatic rings. The van der Waals surface area contributed by atoms with Gasteiger partial charge in [-0.1, -0.05) is 22.0 Å². The summed E-state index contributed by atoms with van der Waals surface area (Å²) in [5, 5.41) is 0.875. The fourth-order valence-electron chi connectivity index (χ4n) is 1.37. The molecule has 0 atom stereocenters. The van der Waals surface area contributed by atoms with Crippen molar-refractivity contribution < 1.29 is 13.7 Å². The van der Waals surface area contributed by atoms with Gasteiger partial charge in [0.2, 0.25) is 0 Å². The van der Waals surface area contributed by atoms with Crippen molar-refractivity contribution in [3.05, 3.63) is 11.8 Å². The molecule has 0 N–H and O–H groups in total. The molecule has 0 saturated carbocycles. The van der Waals surface area contributed by atoms with Crippen molar-refractivity contribution in [2.24, 2.45) is 0 Å². The topological polar surface area (TPSA) is 18.5 Å². The van der Waals surface area contributed by atoms with E-state index in [1.165, 1.54) is 0 Å². The molecule has 0 aliphatic carbocycles. The van der Waals surface area contributed by atoms with Crippen LogP contribution in [0.5, 0.6) is 0 Å². The van der Waals surface area contributed by atoms with Gasteiger partial charge >= 0.3 is 7.12 Å². The zero-order valence-corrected chi connectivity index (χ0v) is 11.9. The molecule has 1 aliphatic heterocycles. The molecule has 0 aromatic carbocycles. The third-order valence-corrected chi connectivity index (χ3v) is 3.72. The van der Waals surface area contributed by atoms with Gasteiger partial charge in [-0.15, -0.1) is 0 Å². The van der Waals surface area contributed by atoms with Gasteiger partial charge in [0.1, 0.15) is 5.73 Å². The first-order valence-corrected chi connectivity index (χ1v) is 6.69. The number of alkyl halides is 1. The van der Waals surface area contributed by atoms with E-state index in [1.807, 2.05) is 27.7 Å². The Morgan fingerprint density at radius 1 is 1.25 bits per heavy atom. The van der Waals surface area contributed by atoms with Gasteiger partial charge in [0.15, 0.2) is 0 Å². The average Bonchev–Trinajstić information content (AvgIpc) is 2.36. The quantitative estimate of drug-likeness (QED) is 0.447. The number of rotatable bonds is 4. The summed E-state index contributed by atoms with van der Waals surface area (Å²) in [5.74, 6) is 0. The standard InChI is InChI=1S/C11H19BBrFO2/c1-10(2)11(3,4)16-12(15-10)9(14)7-5-6-8-13/h7H,5-6,8H2,1-4H3. The van der Waals surface area contributed by atoms with Crippen LogP contribution in [0.4, 0.5) is 4.39 Å². The van der Waals surface area contributed by atoms with Gasteiger partial charge in [0.25, 0.3) is 0 Å². The van der Waals surface area contributed by atoms with E-state index < -0.39 is 18.3 Å². The van der Waals surface area contributed by atoms with Gasteiger partial charge in [0, 0.05) is 5.33 Å². The van der Waals surface area contributed by atoms with E-state index in [0.29, 0.717) is 6.42 Å². The molecule has 1 saturated heterocycles. The Morgan fingerprint density at radius 3 is 2.19 bits per heavy atom. The summed E-state index contributed by atoms with van der Waals surface area (Å²) in [6, 6.07) is 0. The monoisotopic (exact) mass is 292 g/mol. The van der Waals surface area contributed by atoms with Gasteiger partial charge in [-0.2, -0.15) is 0 Å². The summed E-state index contributed by atoms with van der Waals surface area (Å²) in [5.41, 5.74) is -1.27. The maximum Gasteiger partial charge on any atom is 0.524 e. The lowest BCUT2D eigenvalue weighted by molar-refractivity contribution is 0.00578. The van der Waals surface area contributed by atoms with E-state index in [-0.39, 0.29) is 5.73 Å². The smallest absolute Gasteiger partial charge is 0.398 e. The lowest BCUT2D eigenvalue weighted by Gasteiger charge is -2.32. The van der Waals surface area contributed by atoms with Crippen molar-refractivity contribution in [1.82, 2.24) is 0 Å². The Hall–Kier alpha value is 0.135. The maximum atomic E-state index is 13.7. The van der Waals surface area contributed by atoms with Crippen LogP contribution in [-0.4, -0.2) is 23.7 Å². The first kappa shape index (κ1) is 14.2. The summed E-state index contributed by atoms with van der Waals surface area (Å²) in [7, 11) is -0.847. The SMILES string of the molecule is CC1(C)OB(C(F)=CCCCBr)OC1(C)C. The summed E-state index contributed by atoms with van der Waals surface area (Å²) < 4.78 is 24.9. The minimum absolute atomic E-state index is 0.320. The first-order chi connectivity index (χ1) is 7.30. The Kier molecular flexibility index (Phi) is 4.61. The summed E-state index contributed by atoms with van der Waals surface area (Å²) in [6.07, 6.45) is 3.15. The van der Waals surface area contributed by atoms with Gasteiger partial charge in [-0.3, -0.25) is 0 Å². The highest BCUT2D eigenvalue weighted by atomic mass is 79.9. The van der Waals surface area contributed by atoms with Crippen LogP contribution in [0.15, 0.2) is 11.8 Å². The third kappa shape index (κ3) is 3.08. The third-order valence-electron chi connectivity index (χ3n) is 3.16. The van der Waals surface area contributed by atoms with Crippen LogP contribution in [0.3, 0.4) is 0 Å². The van der Waals surface area contributed by atoms with E-state index >= 15 is 0 Å². The number of hydrogen-bond donors (Lipinski definition) is 0. The molecule has 0 bridgehead atoms. The highest BCUT2D eigenvalue weighted by Crippen LogP contribution is 2.38. The van der Waals surface area contributed by atoms with Gasteiger partial charge in [-0.25, -0.2) is 4.39 Å². The van der Waals surface area contributed by atoms with Crippen molar-refractivity contribution in [3.63, 3.8) is 0 Å². The van der Waals surface area contributed by atoms with Crippen LogP contribution in [0.1, 0.15) is 40.5 Å². The molecule has 0 spiro atoms. The second-order valence-corrected chi connectivity index (χ2v) is 5.80. The van der Waals surface area contributed by atoms with Crippen molar-refractivity contribution >= 4 is 23.0 Å². The van der Waals surface area contributed by atoms with Crippen LogP contribution in [0, 0.1) is 0 Å². The second-order valence-electron chi connectivity index (χ2n) is 5.01. The Bertz CT molecular complexity index is 263. The van der Waals surface area contributed by atoms with Crippen LogP contribution < -0.4 is 0 Å². The summed E-state index contributed by atoms with van der Waals surface area (Å²) >= 11 is 3.30. The Labute approximate surface area is 106 Å². The molecule has 0 aromatic heterocycles. The second kappa shape index (κ2) is 5.19. The Morgan fingerprint density at radius 2 is 1.75 bits per heavy atom. The van der Waals surface area contributed by atoms with Crippen LogP contribution in [0.25, 0.3) is 0 Å². The number of hydrogen-bond acceptors (Lipinski definition) is 2. The molecular formula is C11H19BBrFO2. The zero-order chi connectivity index (χ0) is 12.4. The van der Waals surface area contributed by atoms with Crippen molar-refractivity contribution in [2.45, 2.75) is 51.7 Å². The van der Waals surface area contributed by atoms with Crippen molar-refractivity contribution in [2.75, 3.05) is 5.33 Å². The zero-order valence-electron chi connectivity index (χ0n) is 10.3. The molecule has 5 heteroatoms. The van der Waals surface area contributed by atoms with E-state index in [4.69, 9.17) is 9.31 Å². The van der Waals surface area contributed by atoms with E-state index in [2.05, 4.69) is 15.9 Å². The first-order valence-electron chi connectivity index (χ1n) is 5.57. The molecule has 2 nitrogen and oxygen atoms in total. The van der Waals surface area contributed by atoms with E-state index in [1.54, 1.807) is 6.08 Å². The summed E-state index contributed by atoms with van der Waals surface area (Å²) in [6.45, 7) is 7.66. The molecule has 1 aliphatic rings. The lowest BCUT2D eigenvalue weighted by Crippen LogP contribution is -2.41. The minimum Gasteiger partial charge on any atom is -0.398 e. The highest BCUT2D eigenvalue weighted by molar-refractivity contribution is 9.09. The Balaban J connectivity index is 2.62. The fourth-order valence-corrected chi connectivity index (χ4v) is 1.69. The molecule has 16 heavy (non-hydrogen) atoms. The largest absolute Gasteiger partial charge is 0.524 e. The van der Waals surface area contributed by atoms with Crippen LogP contribution >= 0.6 is 15.9 Å². The molecule has 0 amide bonds. The molecule has 1 rings (SSSR count). The molecule has 1 heterocycles. The van der Waals surface area contributed by atoms with Crippen LogP contribution in [-0.2, 0) is 9.31 Å². The average molecular weight is 293 g/mol. The number of allylic oxidation sites excluding steroid dienone is 1. The highest BCUT2D eigenvalue weighted by Gasteiger charge is 2.52. The molecule has 0 unspecified atom stereocenters. The van der Waals surface area contributed by atoms with Gasteiger partial charge < -0.3 is 9.31 Å². The number of unbranched alkanes of at least 4 members (excludes halogenated alkanes) is 1.